The second kappa shape index (κ2) is 4.52. The van der Waals surface area contributed by atoms with Crippen LogP contribution in [0.3, 0.4) is 0 Å². The van der Waals surface area contributed by atoms with Gasteiger partial charge in [-0.15, -0.1) is 0 Å². The maximum absolute atomic E-state index is 13.0. The lowest BCUT2D eigenvalue weighted by Gasteiger charge is -2.25. The second-order valence-corrected chi connectivity index (χ2v) is 4.91. The number of benzene rings is 1. The van der Waals surface area contributed by atoms with E-state index in [-0.39, 0.29) is 0 Å². The zero-order valence-electron chi connectivity index (χ0n) is 8.42. The molecule has 3 heteroatoms. The van der Waals surface area contributed by atoms with Crippen molar-refractivity contribution in [1.29, 1.82) is 0 Å². The van der Waals surface area contributed by atoms with E-state index in [4.69, 9.17) is 0 Å². The average molecular weight is 228 g/mol. The lowest BCUT2D eigenvalue weighted by Crippen LogP contribution is -2.13. The van der Waals surface area contributed by atoms with Crippen LogP contribution in [0.15, 0.2) is 18.2 Å². The summed E-state index contributed by atoms with van der Waals surface area (Å²) in [6, 6.07) is 4.25. The molecule has 15 heavy (non-hydrogen) atoms. The van der Waals surface area contributed by atoms with Gasteiger partial charge in [0, 0.05) is 5.25 Å². The molecule has 2 rings (SSSR count). The van der Waals surface area contributed by atoms with Gasteiger partial charge in [0.1, 0.15) is 0 Å². The van der Waals surface area contributed by atoms with Gasteiger partial charge >= 0.3 is 0 Å². The molecule has 1 fully saturated rings. The standard InChI is InChI=1S/C12H14F2S/c13-11-6-3-9(7-12(11)14)8-1-4-10(15)5-2-8/h3,6-8,10,15H,1-2,4-5H2. The van der Waals surface area contributed by atoms with Gasteiger partial charge in [0.25, 0.3) is 0 Å². The Kier molecular flexibility index (Phi) is 3.29. The smallest absolute Gasteiger partial charge is 0.159 e. The van der Waals surface area contributed by atoms with E-state index in [1.54, 1.807) is 6.07 Å². The first-order valence-corrected chi connectivity index (χ1v) is 5.81. The van der Waals surface area contributed by atoms with Gasteiger partial charge in [-0.3, -0.25) is 0 Å². The summed E-state index contributed by atoms with van der Waals surface area (Å²) in [5, 5.41) is 0.478. The van der Waals surface area contributed by atoms with E-state index in [1.165, 1.54) is 12.1 Å². The molecule has 0 unspecified atom stereocenters. The quantitative estimate of drug-likeness (QED) is 0.692. The largest absolute Gasteiger partial charge is 0.204 e. The maximum Gasteiger partial charge on any atom is 0.159 e. The molecule has 0 aliphatic heterocycles. The van der Waals surface area contributed by atoms with E-state index in [0.717, 1.165) is 31.2 Å². The van der Waals surface area contributed by atoms with Gasteiger partial charge in [0.05, 0.1) is 0 Å². The van der Waals surface area contributed by atoms with Crippen molar-refractivity contribution < 1.29 is 8.78 Å². The Morgan fingerprint density at radius 1 is 1.00 bits per heavy atom. The summed E-state index contributed by atoms with van der Waals surface area (Å²) in [4.78, 5) is 0. The first kappa shape index (κ1) is 10.9. The van der Waals surface area contributed by atoms with Crippen molar-refractivity contribution in [1.82, 2.24) is 0 Å². The van der Waals surface area contributed by atoms with E-state index in [1.807, 2.05) is 0 Å². The minimum Gasteiger partial charge on any atom is -0.204 e. The molecular weight excluding hydrogens is 214 g/mol. The lowest BCUT2D eigenvalue weighted by molar-refractivity contribution is 0.448. The summed E-state index contributed by atoms with van der Waals surface area (Å²) in [5.41, 5.74) is 0.925. The van der Waals surface area contributed by atoms with Crippen LogP contribution in [0.1, 0.15) is 37.2 Å². The third kappa shape index (κ3) is 2.51. The van der Waals surface area contributed by atoms with Crippen LogP contribution >= 0.6 is 12.6 Å². The normalized spacial score (nSPS) is 26.6. The van der Waals surface area contributed by atoms with Gasteiger partial charge in [-0.1, -0.05) is 6.07 Å². The Morgan fingerprint density at radius 2 is 1.67 bits per heavy atom. The van der Waals surface area contributed by atoms with Crippen LogP contribution in [-0.2, 0) is 0 Å². The fourth-order valence-corrected chi connectivity index (χ4v) is 2.47. The molecule has 1 aliphatic carbocycles. The molecule has 0 aromatic heterocycles. The molecule has 0 N–H and O–H groups in total. The maximum atomic E-state index is 13.0. The third-order valence-electron chi connectivity index (χ3n) is 3.11. The topological polar surface area (TPSA) is 0 Å². The van der Waals surface area contributed by atoms with Gasteiger partial charge in [-0.25, -0.2) is 8.78 Å². The summed E-state index contributed by atoms with van der Waals surface area (Å²) in [5.74, 6) is -1.12. The number of rotatable bonds is 1. The summed E-state index contributed by atoms with van der Waals surface area (Å²) in [6.07, 6.45) is 4.18. The molecule has 0 amide bonds. The zero-order valence-corrected chi connectivity index (χ0v) is 9.31. The molecule has 0 bridgehead atoms. The molecule has 1 aromatic rings. The SMILES string of the molecule is Fc1ccc(C2CCC(S)CC2)cc1F. The fraction of sp³-hybridized carbons (Fsp3) is 0.500. The molecule has 82 valence electrons. The van der Waals surface area contributed by atoms with Gasteiger partial charge in [0.15, 0.2) is 11.6 Å². The van der Waals surface area contributed by atoms with Crippen LogP contribution in [0.5, 0.6) is 0 Å². The molecule has 1 saturated carbocycles. The lowest BCUT2D eigenvalue weighted by atomic mass is 9.84. The van der Waals surface area contributed by atoms with Crippen LogP contribution in [0.4, 0.5) is 8.78 Å². The molecule has 0 spiro atoms. The number of hydrogen-bond acceptors (Lipinski definition) is 1. The van der Waals surface area contributed by atoms with Crippen LogP contribution in [-0.4, -0.2) is 5.25 Å². The Hall–Kier alpha value is -0.570. The zero-order chi connectivity index (χ0) is 10.8. The van der Waals surface area contributed by atoms with Crippen molar-refractivity contribution in [3.05, 3.63) is 35.4 Å². The highest BCUT2D eigenvalue weighted by Crippen LogP contribution is 2.35. The minimum atomic E-state index is -0.762. The Morgan fingerprint density at radius 3 is 2.27 bits per heavy atom. The number of halogens is 2. The monoisotopic (exact) mass is 228 g/mol. The first-order chi connectivity index (χ1) is 7.16. The van der Waals surface area contributed by atoms with E-state index >= 15 is 0 Å². The van der Waals surface area contributed by atoms with Crippen LogP contribution < -0.4 is 0 Å². The third-order valence-corrected chi connectivity index (χ3v) is 3.63. The fourth-order valence-electron chi connectivity index (χ4n) is 2.18. The van der Waals surface area contributed by atoms with Crippen molar-refractivity contribution in [2.45, 2.75) is 36.9 Å². The summed E-state index contributed by atoms with van der Waals surface area (Å²) >= 11 is 4.42. The molecule has 0 nitrogen and oxygen atoms in total. The summed E-state index contributed by atoms with van der Waals surface area (Å²) in [7, 11) is 0. The van der Waals surface area contributed by atoms with Crippen LogP contribution in [0, 0.1) is 11.6 Å². The van der Waals surface area contributed by atoms with Crippen LogP contribution in [0.25, 0.3) is 0 Å². The highest BCUT2D eigenvalue weighted by atomic mass is 32.1. The Balaban J connectivity index is 2.12. The Bertz CT molecular complexity index is 343. The molecule has 0 heterocycles. The average Bonchev–Trinajstić information content (AvgIpc) is 2.23. The van der Waals surface area contributed by atoms with E-state index in [2.05, 4.69) is 12.6 Å². The van der Waals surface area contributed by atoms with E-state index in [9.17, 15) is 8.78 Å². The van der Waals surface area contributed by atoms with Gasteiger partial charge in [-0.05, 0) is 49.3 Å². The van der Waals surface area contributed by atoms with Gasteiger partial charge < -0.3 is 0 Å². The summed E-state index contributed by atoms with van der Waals surface area (Å²) < 4.78 is 25.8. The highest BCUT2D eigenvalue weighted by Gasteiger charge is 2.20. The van der Waals surface area contributed by atoms with E-state index in [0.29, 0.717) is 11.2 Å². The minimum absolute atomic E-state index is 0.378. The van der Waals surface area contributed by atoms with Crippen molar-refractivity contribution in [2.75, 3.05) is 0 Å². The molecule has 1 aliphatic rings. The second-order valence-electron chi connectivity index (χ2n) is 4.18. The molecular formula is C12H14F2S. The van der Waals surface area contributed by atoms with Gasteiger partial charge in [-0.2, -0.15) is 12.6 Å². The predicted octanol–water partition coefficient (Wildman–Crippen LogP) is 3.92. The highest BCUT2D eigenvalue weighted by molar-refractivity contribution is 7.80. The van der Waals surface area contributed by atoms with Crippen molar-refractivity contribution in [3.8, 4) is 0 Å². The van der Waals surface area contributed by atoms with Gasteiger partial charge in [0.2, 0.25) is 0 Å². The van der Waals surface area contributed by atoms with E-state index < -0.39 is 11.6 Å². The molecule has 0 radical (unpaired) electrons. The van der Waals surface area contributed by atoms with Crippen LogP contribution in [0.2, 0.25) is 0 Å². The summed E-state index contributed by atoms with van der Waals surface area (Å²) in [6.45, 7) is 0. The Labute approximate surface area is 94.1 Å². The molecule has 0 saturated heterocycles. The van der Waals surface area contributed by atoms with Crippen molar-refractivity contribution >= 4 is 12.6 Å². The predicted molar refractivity (Wildman–Crippen MR) is 60.3 cm³/mol. The number of thiol groups is 1. The molecule has 1 aromatic carbocycles. The molecule has 0 atom stereocenters. The van der Waals surface area contributed by atoms with Crippen molar-refractivity contribution in [2.24, 2.45) is 0 Å². The first-order valence-electron chi connectivity index (χ1n) is 5.30. The van der Waals surface area contributed by atoms with Crippen molar-refractivity contribution in [3.63, 3.8) is 0 Å². The number of hydrogen-bond donors (Lipinski definition) is 1.